The predicted molar refractivity (Wildman–Crippen MR) is 102 cm³/mol. The summed E-state index contributed by atoms with van der Waals surface area (Å²) >= 11 is 5.81. The van der Waals surface area contributed by atoms with E-state index in [-0.39, 0.29) is 24.2 Å². The van der Waals surface area contributed by atoms with Crippen LogP contribution in [0.2, 0.25) is 5.02 Å². The zero-order valence-electron chi connectivity index (χ0n) is 14.6. The van der Waals surface area contributed by atoms with Crippen molar-refractivity contribution in [2.45, 2.75) is 26.0 Å². The molecule has 0 spiro atoms. The molecule has 0 amide bonds. The van der Waals surface area contributed by atoms with E-state index in [1.807, 2.05) is 0 Å². The zero-order chi connectivity index (χ0) is 19.4. The van der Waals surface area contributed by atoms with Gasteiger partial charge in [-0.15, -0.1) is 0 Å². The molecule has 6 nitrogen and oxygen atoms in total. The summed E-state index contributed by atoms with van der Waals surface area (Å²) in [5, 5.41) is 5.12. The number of carbonyl (C=O) groups is 2. The summed E-state index contributed by atoms with van der Waals surface area (Å²) in [5.41, 5.74) is 0.891. The highest BCUT2D eigenvalue weighted by molar-refractivity contribution is 6.30. The number of nitrogens with zero attached hydrogens (tertiary/aromatic N) is 2. The van der Waals surface area contributed by atoms with Crippen LogP contribution in [-0.4, -0.2) is 27.6 Å². The van der Waals surface area contributed by atoms with Crippen LogP contribution in [0.3, 0.4) is 0 Å². The molecule has 138 valence electrons. The van der Waals surface area contributed by atoms with Gasteiger partial charge in [-0.2, -0.15) is 5.10 Å². The highest BCUT2D eigenvalue weighted by atomic mass is 35.5. The Balaban J connectivity index is 1.63. The van der Waals surface area contributed by atoms with Gasteiger partial charge in [0.05, 0.1) is 24.7 Å². The van der Waals surface area contributed by atoms with Crippen molar-refractivity contribution in [1.29, 1.82) is 0 Å². The molecule has 0 bridgehead atoms. The Labute approximate surface area is 160 Å². The number of para-hydroxylation sites is 1. The Kier molecular flexibility index (Phi) is 5.66. The summed E-state index contributed by atoms with van der Waals surface area (Å²) in [6.07, 6.45) is 0.343. The van der Waals surface area contributed by atoms with Crippen molar-refractivity contribution in [2.75, 3.05) is 0 Å². The first kappa shape index (κ1) is 18.8. The van der Waals surface area contributed by atoms with Crippen LogP contribution in [0.5, 0.6) is 0 Å². The molecule has 1 heterocycles. The summed E-state index contributed by atoms with van der Waals surface area (Å²) in [6.45, 7) is 1.77. The quantitative estimate of drug-likeness (QED) is 0.481. The first-order valence-corrected chi connectivity index (χ1v) is 8.77. The van der Waals surface area contributed by atoms with Crippen LogP contribution in [0.15, 0.2) is 59.5 Å². The summed E-state index contributed by atoms with van der Waals surface area (Å²) in [7, 11) is 0. The van der Waals surface area contributed by atoms with Gasteiger partial charge in [-0.25, -0.2) is 0 Å². The van der Waals surface area contributed by atoms with E-state index in [9.17, 15) is 14.4 Å². The Morgan fingerprint density at radius 3 is 2.59 bits per heavy atom. The van der Waals surface area contributed by atoms with Crippen LogP contribution >= 0.6 is 11.6 Å². The molecule has 0 unspecified atom stereocenters. The lowest BCUT2D eigenvalue weighted by Crippen LogP contribution is -2.25. The average molecular weight is 385 g/mol. The maximum atomic E-state index is 12.3. The fourth-order valence-corrected chi connectivity index (χ4v) is 2.82. The standard InChI is InChI=1S/C20H17ClN2O4/c1-13(20(26)14-6-8-15(21)9-7-14)27-19(25)10-11-23-17-5-3-2-4-16(17)18(24)12-22-23/h2-9,12-13H,10-11H2,1H3/t13-/m0/s1. The van der Waals surface area contributed by atoms with Crippen molar-refractivity contribution >= 4 is 34.3 Å². The molecule has 2 aromatic carbocycles. The third kappa shape index (κ3) is 4.41. The fraction of sp³-hybridized carbons (Fsp3) is 0.200. The number of ether oxygens (including phenoxy) is 1. The fourth-order valence-electron chi connectivity index (χ4n) is 2.69. The third-order valence-electron chi connectivity index (χ3n) is 4.10. The smallest absolute Gasteiger partial charge is 0.308 e. The lowest BCUT2D eigenvalue weighted by molar-refractivity contribution is -0.146. The minimum Gasteiger partial charge on any atom is -0.454 e. The highest BCUT2D eigenvalue weighted by Gasteiger charge is 2.19. The van der Waals surface area contributed by atoms with Gasteiger partial charge in [0.2, 0.25) is 11.2 Å². The number of carbonyl (C=O) groups excluding carboxylic acids is 2. The number of Topliss-reactive ketones (excluding diaryl/α,β-unsaturated/α-hetero) is 1. The summed E-state index contributed by atoms with van der Waals surface area (Å²) in [5.74, 6) is -0.818. The number of rotatable bonds is 6. The van der Waals surface area contributed by atoms with Crippen molar-refractivity contribution in [3.8, 4) is 0 Å². The molecule has 0 aliphatic carbocycles. The van der Waals surface area contributed by atoms with Gasteiger partial charge in [-0.05, 0) is 43.3 Å². The first-order valence-electron chi connectivity index (χ1n) is 8.40. The van der Waals surface area contributed by atoms with Crippen molar-refractivity contribution in [3.63, 3.8) is 0 Å². The molecule has 7 heteroatoms. The Hall–Kier alpha value is -2.99. The number of hydrogen-bond donors (Lipinski definition) is 0. The first-order chi connectivity index (χ1) is 13.0. The van der Waals surface area contributed by atoms with Gasteiger partial charge >= 0.3 is 5.97 Å². The number of fused-ring (bicyclic) bond motifs is 1. The normalized spacial score (nSPS) is 11.9. The number of aryl methyl sites for hydroxylation is 1. The molecule has 27 heavy (non-hydrogen) atoms. The molecular formula is C20H17ClN2O4. The van der Waals surface area contributed by atoms with Gasteiger partial charge in [-0.1, -0.05) is 23.7 Å². The molecule has 3 rings (SSSR count). The van der Waals surface area contributed by atoms with E-state index in [1.54, 1.807) is 53.2 Å². The van der Waals surface area contributed by atoms with Crippen molar-refractivity contribution in [1.82, 2.24) is 9.78 Å². The summed E-state index contributed by atoms with van der Waals surface area (Å²) in [6, 6.07) is 13.4. The van der Waals surface area contributed by atoms with Crippen LogP contribution in [-0.2, 0) is 16.1 Å². The van der Waals surface area contributed by atoms with E-state index in [2.05, 4.69) is 5.10 Å². The largest absolute Gasteiger partial charge is 0.454 e. The summed E-state index contributed by atoms with van der Waals surface area (Å²) in [4.78, 5) is 36.3. The van der Waals surface area contributed by atoms with E-state index in [0.717, 1.165) is 0 Å². The molecule has 0 saturated carbocycles. The Morgan fingerprint density at radius 1 is 1.15 bits per heavy atom. The van der Waals surface area contributed by atoms with E-state index in [1.165, 1.54) is 13.1 Å². The zero-order valence-corrected chi connectivity index (χ0v) is 15.3. The van der Waals surface area contributed by atoms with Crippen LogP contribution in [0.1, 0.15) is 23.7 Å². The van der Waals surface area contributed by atoms with E-state index in [0.29, 0.717) is 21.5 Å². The van der Waals surface area contributed by atoms with Crippen LogP contribution in [0, 0.1) is 0 Å². The number of ketones is 1. The van der Waals surface area contributed by atoms with Crippen LogP contribution in [0.25, 0.3) is 10.9 Å². The van der Waals surface area contributed by atoms with Crippen molar-refractivity contribution in [3.05, 3.63) is 75.5 Å². The van der Waals surface area contributed by atoms with E-state index in [4.69, 9.17) is 16.3 Å². The van der Waals surface area contributed by atoms with Crippen LogP contribution in [0.4, 0.5) is 0 Å². The number of hydrogen-bond acceptors (Lipinski definition) is 5. The molecule has 1 atom stereocenters. The summed E-state index contributed by atoms with van der Waals surface area (Å²) < 4.78 is 6.80. The SMILES string of the molecule is C[C@H](OC(=O)CCn1ncc(=O)c2ccccc21)C(=O)c1ccc(Cl)cc1. The molecule has 0 saturated heterocycles. The molecule has 1 aromatic heterocycles. The van der Waals surface area contributed by atoms with Crippen molar-refractivity contribution in [2.24, 2.45) is 0 Å². The van der Waals surface area contributed by atoms with Gasteiger partial charge in [0.25, 0.3) is 0 Å². The molecule has 3 aromatic rings. The predicted octanol–water partition coefficient (Wildman–Crippen LogP) is 3.25. The second-order valence-corrected chi connectivity index (χ2v) is 6.44. The topological polar surface area (TPSA) is 78.3 Å². The molecule has 0 aliphatic heterocycles. The van der Waals surface area contributed by atoms with E-state index < -0.39 is 12.1 Å². The minimum atomic E-state index is -0.905. The lowest BCUT2D eigenvalue weighted by atomic mass is 10.1. The number of halogens is 1. The minimum absolute atomic E-state index is 0.0259. The highest BCUT2D eigenvalue weighted by Crippen LogP contribution is 2.13. The van der Waals surface area contributed by atoms with Gasteiger partial charge in [-0.3, -0.25) is 19.1 Å². The molecule has 0 N–H and O–H groups in total. The third-order valence-corrected chi connectivity index (χ3v) is 4.35. The Bertz CT molecular complexity index is 1040. The lowest BCUT2D eigenvalue weighted by Gasteiger charge is -2.13. The molecular weight excluding hydrogens is 368 g/mol. The van der Waals surface area contributed by atoms with Gasteiger partial charge in [0.15, 0.2) is 6.10 Å². The number of aromatic nitrogens is 2. The molecule has 0 aliphatic rings. The second kappa shape index (κ2) is 8.14. The molecule has 0 radical (unpaired) electrons. The van der Waals surface area contributed by atoms with Gasteiger partial charge in [0, 0.05) is 16.0 Å². The maximum absolute atomic E-state index is 12.3. The monoisotopic (exact) mass is 384 g/mol. The Morgan fingerprint density at radius 2 is 1.85 bits per heavy atom. The maximum Gasteiger partial charge on any atom is 0.308 e. The second-order valence-electron chi connectivity index (χ2n) is 6.00. The van der Waals surface area contributed by atoms with E-state index >= 15 is 0 Å². The average Bonchev–Trinajstić information content (AvgIpc) is 2.67. The van der Waals surface area contributed by atoms with Gasteiger partial charge in [0.1, 0.15) is 0 Å². The van der Waals surface area contributed by atoms with Crippen LogP contribution < -0.4 is 5.43 Å². The van der Waals surface area contributed by atoms with Gasteiger partial charge < -0.3 is 4.74 Å². The number of benzene rings is 2. The van der Waals surface area contributed by atoms with Crippen molar-refractivity contribution < 1.29 is 14.3 Å². The number of esters is 1. The molecule has 0 fully saturated rings.